The highest BCUT2D eigenvalue weighted by molar-refractivity contribution is 5.98. The first kappa shape index (κ1) is 13.2. The first-order valence-electron chi connectivity index (χ1n) is 5.23. The van der Waals surface area contributed by atoms with Gasteiger partial charge in [0.1, 0.15) is 6.54 Å². The number of alkyl halides is 3. The van der Waals surface area contributed by atoms with Crippen molar-refractivity contribution in [1.82, 2.24) is 25.2 Å². The Hall–Kier alpha value is -2.26. The molecule has 10 heteroatoms. The third-order valence-corrected chi connectivity index (χ3v) is 2.14. The number of rotatable bonds is 4. The van der Waals surface area contributed by atoms with Gasteiger partial charge in [-0.25, -0.2) is 4.68 Å². The van der Waals surface area contributed by atoms with Gasteiger partial charge in [0, 0.05) is 6.42 Å². The number of hydrogen-bond donors (Lipinski definition) is 0. The topological polar surface area (TPSA) is 86.7 Å². The average Bonchev–Trinajstić information content (AvgIpc) is 2.96. The third kappa shape index (κ3) is 2.95. The van der Waals surface area contributed by atoms with Crippen LogP contribution in [0.25, 0.3) is 0 Å². The Bertz CT molecular complexity index is 589. The fourth-order valence-electron chi connectivity index (χ4n) is 1.26. The number of carbonyl (C=O) groups excluding carboxylic acids is 1. The van der Waals surface area contributed by atoms with E-state index in [1.54, 1.807) is 0 Å². The van der Waals surface area contributed by atoms with Crippen LogP contribution in [-0.2, 0) is 13.0 Å². The molecule has 19 heavy (non-hydrogen) atoms. The average molecular weight is 275 g/mol. The normalized spacial score (nSPS) is 11.8. The SMILES string of the molecule is CCc1nnc(Cn2cc(C(=O)C(F)(F)F)nn2)o1. The van der Waals surface area contributed by atoms with Gasteiger partial charge < -0.3 is 4.42 Å². The molecule has 2 rings (SSSR count). The van der Waals surface area contributed by atoms with E-state index in [9.17, 15) is 18.0 Å². The highest BCUT2D eigenvalue weighted by atomic mass is 19.4. The van der Waals surface area contributed by atoms with Crippen molar-refractivity contribution < 1.29 is 22.4 Å². The van der Waals surface area contributed by atoms with Gasteiger partial charge in [-0.3, -0.25) is 4.79 Å². The molecule has 0 atom stereocenters. The van der Waals surface area contributed by atoms with Crippen molar-refractivity contribution in [2.75, 3.05) is 0 Å². The van der Waals surface area contributed by atoms with Gasteiger partial charge in [-0.2, -0.15) is 13.2 Å². The molecule has 2 heterocycles. The zero-order valence-corrected chi connectivity index (χ0v) is 9.68. The molecule has 7 nitrogen and oxygen atoms in total. The predicted octanol–water partition coefficient (Wildman–Crippen LogP) is 1.02. The van der Waals surface area contributed by atoms with E-state index in [-0.39, 0.29) is 12.4 Å². The summed E-state index contributed by atoms with van der Waals surface area (Å²) in [5.41, 5.74) is -0.775. The van der Waals surface area contributed by atoms with Crippen LogP contribution in [0, 0.1) is 0 Å². The van der Waals surface area contributed by atoms with Crippen molar-refractivity contribution in [3.05, 3.63) is 23.7 Å². The minimum Gasteiger partial charge on any atom is -0.423 e. The van der Waals surface area contributed by atoms with Gasteiger partial charge in [0.15, 0.2) is 5.69 Å². The van der Waals surface area contributed by atoms with Crippen molar-refractivity contribution in [3.8, 4) is 0 Å². The lowest BCUT2D eigenvalue weighted by Crippen LogP contribution is -2.23. The fourth-order valence-corrected chi connectivity index (χ4v) is 1.26. The second-order valence-corrected chi connectivity index (χ2v) is 3.57. The number of Topliss-reactive ketones (excluding diaryl/α,β-unsaturated/α-hetero) is 1. The zero-order chi connectivity index (χ0) is 14.0. The summed E-state index contributed by atoms with van der Waals surface area (Å²) in [5.74, 6) is -1.46. The Morgan fingerprint density at radius 2 is 2.00 bits per heavy atom. The molecule has 2 aromatic heterocycles. The lowest BCUT2D eigenvalue weighted by molar-refractivity contribution is -0.0888. The molecule has 0 bridgehead atoms. The zero-order valence-electron chi connectivity index (χ0n) is 9.68. The van der Waals surface area contributed by atoms with E-state index in [0.717, 1.165) is 10.9 Å². The van der Waals surface area contributed by atoms with Crippen LogP contribution in [0.5, 0.6) is 0 Å². The Kier molecular flexibility index (Phi) is 3.32. The van der Waals surface area contributed by atoms with E-state index in [1.165, 1.54) is 0 Å². The second kappa shape index (κ2) is 4.78. The number of aromatic nitrogens is 5. The molecule has 0 aliphatic rings. The number of ketones is 1. The number of hydrogen-bond acceptors (Lipinski definition) is 6. The van der Waals surface area contributed by atoms with Crippen molar-refractivity contribution >= 4 is 5.78 Å². The Morgan fingerprint density at radius 3 is 2.58 bits per heavy atom. The summed E-state index contributed by atoms with van der Waals surface area (Å²) >= 11 is 0. The lowest BCUT2D eigenvalue weighted by Gasteiger charge is -1.99. The van der Waals surface area contributed by atoms with Crippen molar-refractivity contribution in [2.45, 2.75) is 26.1 Å². The summed E-state index contributed by atoms with van der Waals surface area (Å²) in [6, 6.07) is 0. The Balaban J connectivity index is 2.11. The summed E-state index contributed by atoms with van der Waals surface area (Å²) in [6.45, 7) is 1.76. The smallest absolute Gasteiger partial charge is 0.423 e. The van der Waals surface area contributed by atoms with Crippen LogP contribution in [0.4, 0.5) is 13.2 Å². The molecule has 2 aromatic rings. The Labute approximate surface area is 104 Å². The highest BCUT2D eigenvalue weighted by Crippen LogP contribution is 2.19. The summed E-state index contributed by atoms with van der Waals surface area (Å²) in [6.07, 6.45) is -3.55. The van der Waals surface area contributed by atoms with Crippen LogP contribution in [0.2, 0.25) is 0 Å². The van der Waals surface area contributed by atoms with E-state index < -0.39 is 17.7 Å². The van der Waals surface area contributed by atoms with Crippen LogP contribution in [-0.4, -0.2) is 37.2 Å². The quantitative estimate of drug-likeness (QED) is 0.774. The number of aryl methyl sites for hydroxylation is 1. The maximum Gasteiger partial charge on any atom is 0.456 e. The third-order valence-electron chi connectivity index (χ3n) is 2.14. The van der Waals surface area contributed by atoms with E-state index in [0.29, 0.717) is 12.3 Å². The number of halogens is 3. The van der Waals surface area contributed by atoms with Crippen LogP contribution in [0.15, 0.2) is 10.6 Å². The van der Waals surface area contributed by atoms with E-state index >= 15 is 0 Å². The molecule has 0 fully saturated rings. The molecular weight excluding hydrogens is 267 g/mol. The van der Waals surface area contributed by atoms with Crippen molar-refractivity contribution in [1.29, 1.82) is 0 Å². The summed E-state index contributed by atoms with van der Waals surface area (Å²) in [4.78, 5) is 10.9. The molecule has 0 amide bonds. The van der Waals surface area contributed by atoms with Crippen molar-refractivity contribution in [2.24, 2.45) is 0 Å². The van der Waals surface area contributed by atoms with Crippen molar-refractivity contribution in [3.63, 3.8) is 0 Å². The molecule has 0 aliphatic carbocycles. The van der Waals surface area contributed by atoms with E-state index in [2.05, 4.69) is 20.5 Å². The van der Waals surface area contributed by atoms with Crippen LogP contribution >= 0.6 is 0 Å². The standard InChI is InChI=1S/C9H8F3N5O2/c1-2-6-14-15-7(19-6)4-17-3-5(13-16-17)8(18)9(10,11)12/h3H,2,4H2,1H3. The molecule has 0 aromatic carbocycles. The highest BCUT2D eigenvalue weighted by Gasteiger charge is 2.41. The van der Waals surface area contributed by atoms with Crippen LogP contribution < -0.4 is 0 Å². The maximum absolute atomic E-state index is 12.2. The minimum absolute atomic E-state index is 0.0505. The molecule has 0 N–H and O–H groups in total. The molecule has 0 spiro atoms. The summed E-state index contributed by atoms with van der Waals surface area (Å²) in [7, 11) is 0. The lowest BCUT2D eigenvalue weighted by atomic mass is 10.3. The van der Waals surface area contributed by atoms with Gasteiger partial charge in [0.2, 0.25) is 11.8 Å². The fraction of sp³-hybridized carbons (Fsp3) is 0.444. The molecule has 0 saturated carbocycles. The largest absolute Gasteiger partial charge is 0.456 e. The van der Waals surface area contributed by atoms with Crippen LogP contribution in [0.3, 0.4) is 0 Å². The monoisotopic (exact) mass is 275 g/mol. The number of carbonyl (C=O) groups is 1. The minimum atomic E-state index is -4.97. The van der Waals surface area contributed by atoms with E-state index in [4.69, 9.17) is 4.42 Å². The predicted molar refractivity (Wildman–Crippen MR) is 53.2 cm³/mol. The summed E-state index contributed by atoms with van der Waals surface area (Å²) < 4.78 is 42.6. The van der Waals surface area contributed by atoms with Crippen LogP contribution in [0.1, 0.15) is 29.2 Å². The molecule has 0 aliphatic heterocycles. The van der Waals surface area contributed by atoms with Gasteiger partial charge in [-0.15, -0.1) is 15.3 Å². The molecule has 102 valence electrons. The van der Waals surface area contributed by atoms with Gasteiger partial charge in [0.05, 0.1) is 6.20 Å². The van der Waals surface area contributed by atoms with Gasteiger partial charge in [-0.05, 0) is 0 Å². The first-order chi connectivity index (χ1) is 8.90. The first-order valence-corrected chi connectivity index (χ1v) is 5.23. The van der Waals surface area contributed by atoms with E-state index in [1.807, 2.05) is 6.92 Å². The molecule has 0 unspecified atom stereocenters. The molecule has 0 saturated heterocycles. The maximum atomic E-state index is 12.2. The molecular formula is C9H8F3N5O2. The molecule has 0 radical (unpaired) electrons. The van der Waals surface area contributed by atoms with Gasteiger partial charge >= 0.3 is 6.18 Å². The summed E-state index contributed by atoms with van der Waals surface area (Å²) in [5, 5.41) is 13.9. The second-order valence-electron chi connectivity index (χ2n) is 3.57. The number of nitrogens with zero attached hydrogens (tertiary/aromatic N) is 5. The van der Waals surface area contributed by atoms with Gasteiger partial charge in [0.25, 0.3) is 5.78 Å². The van der Waals surface area contributed by atoms with Gasteiger partial charge in [-0.1, -0.05) is 12.1 Å². The Morgan fingerprint density at radius 1 is 1.32 bits per heavy atom.